The van der Waals surface area contributed by atoms with E-state index in [0.29, 0.717) is 0 Å². The summed E-state index contributed by atoms with van der Waals surface area (Å²) in [6.07, 6.45) is 0. The maximum Gasteiger partial charge on any atom is 0.496 e. The predicted octanol–water partition coefficient (Wildman–Crippen LogP) is 15.7. The number of benzene rings is 10. The molecule has 11 rings (SSSR count). The van der Waals surface area contributed by atoms with Crippen molar-refractivity contribution in [2.45, 2.75) is 38.9 Å². The molecule has 0 saturated carbocycles. The van der Waals surface area contributed by atoms with E-state index < -0.39 is 18.3 Å². The second-order valence-electron chi connectivity index (χ2n) is 17.1. The van der Waals surface area contributed by atoms with Crippen molar-refractivity contribution in [3.8, 4) is 44.5 Å². The maximum atomic E-state index is 6.55. The number of hydrogen-bond donors (Lipinski definition) is 0. The molecule has 0 aromatic heterocycles. The Morgan fingerprint density at radius 2 is 0.565 bits per heavy atom. The molecule has 10 aromatic carbocycles. The summed E-state index contributed by atoms with van der Waals surface area (Å²) in [5.74, 6) is 0. The van der Waals surface area contributed by atoms with Crippen molar-refractivity contribution in [2.24, 2.45) is 0 Å². The SMILES string of the molecule is Brc1c2ccccc2c(-c2ccc(-c3ccccc3)cc2)c2ccccc12.CC1(C)OB(c2c3ccccc3c(-c3ccc(-c4ccccc4)cc3)c3ccccc23)OC1(C)C. The van der Waals surface area contributed by atoms with Crippen LogP contribution in [0.4, 0.5) is 0 Å². The Balaban J connectivity index is 0.000000153. The van der Waals surface area contributed by atoms with E-state index in [1.54, 1.807) is 0 Å². The smallest absolute Gasteiger partial charge is 0.399 e. The zero-order valence-electron chi connectivity index (χ0n) is 35.4. The Hall–Kier alpha value is -6.30. The monoisotopic (exact) mass is 864 g/mol. The first-order valence-electron chi connectivity index (χ1n) is 21.4. The van der Waals surface area contributed by atoms with Crippen molar-refractivity contribution in [3.63, 3.8) is 0 Å². The summed E-state index contributed by atoms with van der Waals surface area (Å²) in [4.78, 5) is 0. The van der Waals surface area contributed by atoms with Gasteiger partial charge in [-0.15, -0.1) is 0 Å². The average Bonchev–Trinajstić information content (AvgIpc) is 3.54. The Kier molecular flexibility index (Phi) is 10.4. The summed E-state index contributed by atoms with van der Waals surface area (Å²) in [6.45, 7) is 8.44. The molecule has 0 bridgehead atoms. The van der Waals surface area contributed by atoms with E-state index in [2.05, 4.69) is 250 Å². The van der Waals surface area contributed by atoms with Gasteiger partial charge in [0.05, 0.1) is 11.2 Å². The Labute approximate surface area is 373 Å². The highest BCUT2D eigenvalue weighted by molar-refractivity contribution is 9.10. The molecule has 1 saturated heterocycles. The van der Waals surface area contributed by atoms with Gasteiger partial charge in [0, 0.05) is 4.47 Å². The van der Waals surface area contributed by atoms with E-state index in [1.165, 1.54) is 92.1 Å². The highest BCUT2D eigenvalue weighted by Gasteiger charge is 2.52. The first-order chi connectivity index (χ1) is 30.2. The molecule has 300 valence electrons. The van der Waals surface area contributed by atoms with Crippen LogP contribution in [0.2, 0.25) is 0 Å². The van der Waals surface area contributed by atoms with Crippen molar-refractivity contribution in [3.05, 3.63) is 211 Å². The number of fused-ring (bicyclic) bond motifs is 4. The highest BCUT2D eigenvalue weighted by Crippen LogP contribution is 2.43. The molecule has 1 aliphatic heterocycles. The van der Waals surface area contributed by atoms with Crippen LogP contribution in [0.1, 0.15) is 27.7 Å². The third-order valence-electron chi connectivity index (χ3n) is 12.9. The van der Waals surface area contributed by atoms with Gasteiger partial charge in [0.25, 0.3) is 0 Å². The van der Waals surface area contributed by atoms with Crippen LogP contribution < -0.4 is 5.46 Å². The lowest BCUT2D eigenvalue weighted by molar-refractivity contribution is 0.00578. The van der Waals surface area contributed by atoms with Crippen molar-refractivity contribution < 1.29 is 9.31 Å². The van der Waals surface area contributed by atoms with Gasteiger partial charge in [-0.05, 0) is 137 Å². The lowest BCUT2D eigenvalue weighted by atomic mass is 9.71. The van der Waals surface area contributed by atoms with Crippen molar-refractivity contribution in [1.29, 1.82) is 0 Å². The molecule has 62 heavy (non-hydrogen) atoms. The van der Waals surface area contributed by atoms with Crippen LogP contribution >= 0.6 is 15.9 Å². The zero-order chi connectivity index (χ0) is 42.4. The molecule has 1 fully saturated rings. The summed E-state index contributed by atoms with van der Waals surface area (Å²) < 4.78 is 14.3. The lowest BCUT2D eigenvalue weighted by Gasteiger charge is -2.32. The van der Waals surface area contributed by atoms with E-state index in [1.807, 2.05) is 0 Å². The van der Waals surface area contributed by atoms with Gasteiger partial charge in [-0.1, -0.05) is 206 Å². The average molecular weight is 866 g/mol. The van der Waals surface area contributed by atoms with Gasteiger partial charge >= 0.3 is 7.12 Å². The summed E-state index contributed by atoms with van der Waals surface area (Å²) >= 11 is 3.83. The zero-order valence-corrected chi connectivity index (χ0v) is 37.0. The molecule has 2 nitrogen and oxygen atoms in total. The summed E-state index contributed by atoms with van der Waals surface area (Å²) in [7, 11) is -0.427. The fourth-order valence-electron chi connectivity index (χ4n) is 8.99. The van der Waals surface area contributed by atoms with Crippen LogP contribution in [0.3, 0.4) is 0 Å². The molecule has 0 unspecified atom stereocenters. The van der Waals surface area contributed by atoms with E-state index in [0.717, 1.165) is 5.46 Å². The fraction of sp³-hybridized carbons (Fsp3) is 0.103. The third-order valence-corrected chi connectivity index (χ3v) is 13.7. The minimum absolute atomic E-state index is 0.397. The van der Waals surface area contributed by atoms with Crippen LogP contribution in [0.5, 0.6) is 0 Å². The van der Waals surface area contributed by atoms with Gasteiger partial charge in [0.1, 0.15) is 0 Å². The molecule has 0 amide bonds. The summed E-state index contributed by atoms with van der Waals surface area (Å²) in [6, 6.07) is 73.4. The summed E-state index contributed by atoms with van der Waals surface area (Å²) in [5, 5.41) is 9.81. The standard InChI is InChI=1S/C32H29BO2.C26H17Br/c1-31(2)32(3,4)35-33(34-31)30-27-16-10-8-14-25(27)29(26-15-9-11-17-28(26)30)24-20-18-23(19-21-24)22-12-6-5-7-13-22;27-26-23-12-6-4-10-21(23)25(22-11-5-7-13-24(22)26)20-16-14-19(15-17-20)18-8-2-1-3-9-18/h5-21H,1-4H3;1-17H. The molecular weight excluding hydrogens is 819 g/mol. The number of hydrogen-bond acceptors (Lipinski definition) is 2. The van der Waals surface area contributed by atoms with Crippen LogP contribution in [0.15, 0.2) is 211 Å². The lowest BCUT2D eigenvalue weighted by Crippen LogP contribution is -2.41. The molecule has 1 aliphatic rings. The van der Waals surface area contributed by atoms with E-state index in [-0.39, 0.29) is 0 Å². The molecular formula is C58H46BBrO2. The first kappa shape index (κ1) is 39.8. The van der Waals surface area contributed by atoms with Gasteiger partial charge in [0.15, 0.2) is 0 Å². The first-order valence-corrected chi connectivity index (χ1v) is 22.2. The molecule has 0 N–H and O–H groups in total. The van der Waals surface area contributed by atoms with Gasteiger partial charge in [-0.3, -0.25) is 0 Å². The Morgan fingerprint density at radius 3 is 0.919 bits per heavy atom. The minimum atomic E-state index is -0.427. The molecule has 0 spiro atoms. The van der Waals surface area contributed by atoms with E-state index in [4.69, 9.17) is 9.31 Å². The van der Waals surface area contributed by atoms with Crippen molar-refractivity contribution in [1.82, 2.24) is 0 Å². The van der Waals surface area contributed by atoms with Crippen LogP contribution in [0, 0.1) is 0 Å². The van der Waals surface area contributed by atoms with Gasteiger partial charge in [-0.2, -0.15) is 0 Å². The molecule has 0 aliphatic carbocycles. The quantitative estimate of drug-likeness (QED) is 0.127. The predicted molar refractivity (Wildman–Crippen MR) is 268 cm³/mol. The van der Waals surface area contributed by atoms with Crippen LogP contribution in [0.25, 0.3) is 87.6 Å². The normalized spacial score (nSPS) is 14.3. The van der Waals surface area contributed by atoms with Gasteiger partial charge in [-0.25, -0.2) is 0 Å². The van der Waals surface area contributed by atoms with E-state index >= 15 is 0 Å². The second-order valence-corrected chi connectivity index (χ2v) is 17.9. The summed E-state index contributed by atoms with van der Waals surface area (Å²) in [5.41, 5.74) is 10.2. The highest BCUT2D eigenvalue weighted by atomic mass is 79.9. The minimum Gasteiger partial charge on any atom is -0.399 e. The largest absolute Gasteiger partial charge is 0.496 e. The number of rotatable bonds is 5. The van der Waals surface area contributed by atoms with Crippen molar-refractivity contribution >= 4 is 71.6 Å². The second kappa shape index (κ2) is 16.2. The topological polar surface area (TPSA) is 18.5 Å². The van der Waals surface area contributed by atoms with Gasteiger partial charge < -0.3 is 9.31 Å². The molecule has 0 atom stereocenters. The maximum absolute atomic E-state index is 6.55. The molecule has 0 radical (unpaired) electrons. The number of halogens is 1. The van der Waals surface area contributed by atoms with Crippen LogP contribution in [-0.4, -0.2) is 18.3 Å². The van der Waals surface area contributed by atoms with E-state index in [9.17, 15) is 0 Å². The molecule has 10 aromatic rings. The van der Waals surface area contributed by atoms with Crippen LogP contribution in [-0.2, 0) is 9.31 Å². The van der Waals surface area contributed by atoms with Gasteiger partial charge in [0.2, 0.25) is 0 Å². The Bertz CT molecular complexity index is 3100. The third kappa shape index (κ3) is 7.12. The van der Waals surface area contributed by atoms with Crippen molar-refractivity contribution in [2.75, 3.05) is 0 Å². The fourth-order valence-corrected chi connectivity index (χ4v) is 9.69. The molecule has 1 heterocycles. The Morgan fingerprint density at radius 1 is 0.306 bits per heavy atom. The molecule has 4 heteroatoms.